The maximum absolute atomic E-state index is 11.7. The van der Waals surface area contributed by atoms with Gasteiger partial charge in [0.2, 0.25) is 0 Å². The lowest BCUT2D eigenvalue weighted by Crippen LogP contribution is -2.68. The van der Waals surface area contributed by atoms with Crippen LogP contribution < -0.4 is 5.32 Å². The van der Waals surface area contributed by atoms with E-state index in [0.29, 0.717) is 0 Å². The van der Waals surface area contributed by atoms with Crippen molar-refractivity contribution in [3.05, 3.63) is 35.1 Å². The molecular formula is C22H31NO7. The van der Waals surface area contributed by atoms with Gasteiger partial charge in [-0.1, -0.05) is 38.5 Å². The van der Waals surface area contributed by atoms with Crippen molar-refractivity contribution >= 4 is 11.7 Å². The number of fused-ring (bicyclic) bond motifs is 2. The maximum Gasteiger partial charge on any atom is 0.259 e. The molecule has 0 spiro atoms. The third-order valence-electron chi connectivity index (χ3n) is 6.52. The Morgan fingerprint density at radius 3 is 2.47 bits per heavy atom. The summed E-state index contributed by atoms with van der Waals surface area (Å²) in [5.74, 6) is -2.98. The fourth-order valence-corrected chi connectivity index (χ4v) is 4.53. The van der Waals surface area contributed by atoms with Crippen LogP contribution in [0.2, 0.25) is 0 Å². The number of ketones is 1. The summed E-state index contributed by atoms with van der Waals surface area (Å²) in [6.45, 7) is 9.24. The Labute approximate surface area is 176 Å². The molecule has 0 saturated carbocycles. The van der Waals surface area contributed by atoms with Crippen molar-refractivity contribution in [2.75, 3.05) is 6.54 Å². The van der Waals surface area contributed by atoms with Gasteiger partial charge in [0.1, 0.15) is 17.4 Å². The number of amides is 1. The van der Waals surface area contributed by atoms with Gasteiger partial charge in [0.15, 0.2) is 11.6 Å². The third-order valence-corrected chi connectivity index (χ3v) is 6.52. The van der Waals surface area contributed by atoms with E-state index in [9.17, 15) is 24.9 Å². The quantitative estimate of drug-likeness (QED) is 0.232. The predicted molar refractivity (Wildman–Crippen MR) is 108 cm³/mol. The third kappa shape index (κ3) is 3.97. The van der Waals surface area contributed by atoms with E-state index in [4.69, 9.17) is 9.47 Å². The number of aliphatic hydroxyl groups is 3. The Morgan fingerprint density at radius 2 is 1.87 bits per heavy atom. The summed E-state index contributed by atoms with van der Waals surface area (Å²) in [5, 5.41) is 33.3. The Hall–Kier alpha value is -2.00. The van der Waals surface area contributed by atoms with Crippen LogP contribution in [0.5, 0.6) is 0 Å². The van der Waals surface area contributed by atoms with E-state index in [1.807, 2.05) is 26.8 Å². The highest BCUT2D eigenvalue weighted by Gasteiger charge is 2.57. The molecule has 0 radical (unpaired) electrons. The minimum absolute atomic E-state index is 0.0591. The topological polar surface area (TPSA) is 125 Å². The van der Waals surface area contributed by atoms with Crippen molar-refractivity contribution in [1.29, 1.82) is 0 Å². The average molecular weight is 421 g/mol. The number of allylic oxidation sites excluding steroid dienone is 3. The van der Waals surface area contributed by atoms with Gasteiger partial charge in [-0.25, -0.2) is 0 Å². The molecular weight excluding hydrogens is 390 g/mol. The SMILES string of the molecule is CC(C=CC(O)=C1C(=O)CNC1=O)=CC(C)C1OC2(C)OC(C1C)C(O)C(O)C2C. The fourth-order valence-electron chi connectivity index (χ4n) is 4.53. The van der Waals surface area contributed by atoms with Crippen LogP contribution in [0.15, 0.2) is 35.1 Å². The van der Waals surface area contributed by atoms with E-state index in [-0.39, 0.29) is 35.8 Å². The number of nitrogens with one attached hydrogen (secondary N) is 1. The molecule has 8 heteroatoms. The number of hydrogen-bond donors (Lipinski definition) is 4. The van der Waals surface area contributed by atoms with Crippen molar-refractivity contribution in [2.45, 2.75) is 64.8 Å². The Kier molecular flexibility index (Phi) is 6.25. The van der Waals surface area contributed by atoms with Crippen molar-refractivity contribution < 1.29 is 34.4 Å². The summed E-state index contributed by atoms with van der Waals surface area (Å²) >= 11 is 0. The summed E-state index contributed by atoms with van der Waals surface area (Å²) in [6, 6.07) is 0. The van der Waals surface area contributed by atoms with Gasteiger partial charge in [-0.05, 0) is 19.9 Å². The summed E-state index contributed by atoms with van der Waals surface area (Å²) < 4.78 is 12.2. The van der Waals surface area contributed by atoms with Gasteiger partial charge in [0.25, 0.3) is 5.91 Å². The number of Topliss-reactive ketones (excluding diaryl/α,β-unsaturated/α-hetero) is 1. The second kappa shape index (κ2) is 8.26. The molecule has 8 atom stereocenters. The molecule has 3 saturated heterocycles. The summed E-state index contributed by atoms with van der Waals surface area (Å²) in [4.78, 5) is 23.3. The zero-order valence-electron chi connectivity index (χ0n) is 18.0. The summed E-state index contributed by atoms with van der Waals surface area (Å²) in [6.07, 6.45) is 2.24. The Bertz CT molecular complexity index is 798. The molecule has 0 aliphatic carbocycles. The smallest absolute Gasteiger partial charge is 0.259 e. The van der Waals surface area contributed by atoms with Crippen LogP contribution in [0.25, 0.3) is 0 Å². The van der Waals surface area contributed by atoms with Crippen LogP contribution in [0.3, 0.4) is 0 Å². The first-order valence-electron chi connectivity index (χ1n) is 10.3. The molecule has 1 amide bonds. The summed E-state index contributed by atoms with van der Waals surface area (Å²) in [5.41, 5.74) is 0.586. The molecule has 0 aromatic heterocycles. The van der Waals surface area contributed by atoms with E-state index in [2.05, 4.69) is 5.32 Å². The molecule has 166 valence electrons. The largest absolute Gasteiger partial charge is 0.507 e. The highest BCUT2D eigenvalue weighted by molar-refractivity contribution is 6.25. The predicted octanol–water partition coefficient (Wildman–Crippen LogP) is 1.14. The highest BCUT2D eigenvalue weighted by Crippen LogP contribution is 2.46. The first-order chi connectivity index (χ1) is 14.0. The molecule has 3 aliphatic heterocycles. The minimum atomic E-state index is -0.995. The van der Waals surface area contributed by atoms with Crippen LogP contribution in [0.1, 0.15) is 34.6 Å². The first-order valence-corrected chi connectivity index (χ1v) is 10.3. The molecule has 3 heterocycles. The number of aliphatic hydroxyl groups excluding tert-OH is 3. The minimum Gasteiger partial charge on any atom is -0.507 e. The number of ether oxygens (including phenoxy) is 2. The molecule has 0 aromatic rings. The highest BCUT2D eigenvalue weighted by atomic mass is 16.7. The van der Waals surface area contributed by atoms with Gasteiger partial charge in [-0.15, -0.1) is 0 Å². The van der Waals surface area contributed by atoms with Gasteiger partial charge in [0.05, 0.1) is 24.9 Å². The zero-order chi connectivity index (χ0) is 22.4. The number of carbonyl (C=O) groups excluding carboxylic acids is 2. The average Bonchev–Trinajstić information content (AvgIpc) is 3.03. The van der Waals surface area contributed by atoms with Gasteiger partial charge in [-0.3, -0.25) is 9.59 Å². The van der Waals surface area contributed by atoms with Crippen LogP contribution in [0, 0.1) is 17.8 Å². The van der Waals surface area contributed by atoms with E-state index >= 15 is 0 Å². The van der Waals surface area contributed by atoms with E-state index in [0.717, 1.165) is 5.57 Å². The normalized spacial score (nSPS) is 42.4. The molecule has 3 rings (SSSR count). The molecule has 8 unspecified atom stereocenters. The van der Waals surface area contributed by atoms with Crippen molar-refractivity contribution in [3.63, 3.8) is 0 Å². The van der Waals surface area contributed by atoms with Crippen LogP contribution in [0.4, 0.5) is 0 Å². The summed E-state index contributed by atoms with van der Waals surface area (Å²) in [7, 11) is 0. The fraction of sp³-hybridized carbons (Fsp3) is 0.636. The van der Waals surface area contributed by atoms with Gasteiger partial charge >= 0.3 is 0 Å². The second-order valence-electron chi connectivity index (χ2n) is 8.78. The molecule has 30 heavy (non-hydrogen) atoms. The van der Waals surface area contributed by atoms with Crippen LogP contribution in [-0.4, -0.2) is 63.8 Å². The molecule has 2 bridgehead atoms. The number of rotatable bonds is 4. The van der Waals surface area contributed by atoms with Gasteiger partial charge in [0, 0.05) is 17.8 Å². The Balaban J connectivity index is 1.77. The lowest BCUT2D eigenvalue weighted by Gasteiger charge is -2.56. The molecule has 0 aromatic carbocycles. The monoisotopic (exact) mass is 421 g/mol. The number of hydrogen-bond acceptors (Lipinski definition) is 7. The molecule has 8 nitrogen and oxygen atoms in total. The first kappa shape index (κ1) is 22.7. The van der Waals surface area contributed by atoms with Gasteiger partial charge < -0.3 is 30.1 Å². The lowest BCUT2D eigenvalue weighted by atomic mass is 9.76. The van der Waals surface area contributed by atoms with E-state index < -0.39 is 41.7 Å². The molecule has 3 aliphatic rings. The molecule has 4 N–H and O–H groups in total. The lowest BCUT2D eigenvalue weighted by molar-refractivity contribution is -0.401. The second-order valence-corrected chi connectivity index (χ2v) is 8.78. The maximum atomic E-state index is 11.7. The van der Waals surface area contributed by atoms with Crippen LogP contribution in [-0.2, 0) is 19.1 Å². The Morgan fingerprint density at radius 1 is 1.20 bits per heavy atom. The van der Waals surface area contributed by atoms with Gasteiger partial charge in [-0.2, -0.15) is 0 Å². The molecule has 3 fully saturated rings. The van der Waals surface area contributed by atoms with Crippen LogP contribution >= 0.6 is 0 Å². The van der Waals surface area contributed by atoms with Crippen molar-refractivity contribution in [2.24, 2.45) is 17.8 Å². The zero-order valence-corrected chi connectivity index (χ0v) is 18.0. The number of carbonyl (C=O) groups is 2. The van der Waals surface area contributed by atoms with E-state index in [1.54, 1.807) is 19.9 Å². The standard InChI is InChI=1S/C22H31NO7/c1-10(6-7-14(24)16-15(25)9-23-21(16)28)8-11(2)19-12(3)20-18(27)17(26)13(4)22(5,29-19)30-20/h6-8,11-13,17-20,24,26-27H,9H2,1-5H3,(H,23,28). The van der Waals surface area contributed by atoms with Crippen molar-refractivity contribution in [1.82, 2.24) is 5.32 Å². The van der Waals surface area contributed by atoms with Crippen molar-refractivity contribution in [3.8, 4) is 0 Å². The van der Waals surface area contributed by atoms with E-state index in [1.165, 1.54) is 6.08 Å².